The Morgan fingerprint density at radius 2 is 2.10 bits per heavy atom. The Bertz CT molecular complexity index is 779. The summed E-state index contributed by atoms with van der Waals surface area (Å²) in [6.07, 6.45) is -1.84. The standard InChI is InChI=1S/C18H27F2N3O5S/c1-13(14-6-5-7-15(10-14)28-12-16(19)20)22-29(26,27)9-4-2-3-8-23-11-17(24)21-18(23)25/h5-7,10,13,16,18,22,25H,2-4,8-9,11-12H2,1H3,(H,21,24)/t13-,18?/m1/s1. The van der Waals surface area contributed by atoms with Crippen LogP contribution in [-0.2, 0) is 14.8 Å². The normalized spacial score (nSPS) is 18.8. The van der Waals surface area contributed by atoms with Gasteiger partial charge in [0.05, 0.1) is 12.3 Å². The number of halogens is 2. The van der Waals surface area contributed by atoms with Crippen LogP contribution in [0, 0.1) is 0 Å². The Hall–Kier alpha value is -1.82. The van der Waals surface area contributed by atoms with Crippen molar-refractivity contribution in [2.75, 3.05) is 25.4 Å². The van der Waals surface area contributed by atoms with E-state index in [1.807, 2.05) is 0 Å². The maximum absolute atomic E-state index is 12.3. The van der Waals surface area contributed by atoms with E-state index in [-0.39, 0.29) is 24.0 Å². The predicted molar refractivity (Wildman–Crippen MR) is 103 cm³/mol. The van der Waals surface area contributed by atoms with Crippen LogP contribution in [0.5, 0.6) is 5.75 Å². The highest BCUT2D eigenvalue weighted by Crippen LogP contribution is 2.20. The molecule has 164 valence electrons. The zero-order valence-electron chi connectivity index (χ0n) is 16.2. The van der Waals surface area contributed by atoms with Crippen LogP contribution in [0.25, 0.3) is 0 Å². The van der Waals surface area contributed by atoms with Crippen LogP contribution in [0.3, 0.4) is 0 Å². The van der Waals surface area contributed by atoms with Crippen molar-refractivity contribution >= 4 is 15.9 Å². The Balaban J connectivity index is 1.74. The minimum absolute atomic E-state index is 0.0569. The van der Waals surface area contributed by atoms with Gasteiger partial charge in [-0.25, -0.2) is 21.9 Å². The molecule has 0 spiro atoms. The summed E-state index contributed by atoms with van der Waals surface area (Å²) in [7, 11) is -3.53. The van der Waals surface area contributed by atoms with E-state index in [0.29, 0.717) is 31.4 Å². The molecule has 8 nitrogen and oxygen atoms in total. The summed E-state index contributed by atoms with van der Waals surface area (Å²) in [4.78, 5) is 12.7. The average Bonchev–Trinajstić information content (AvgIpc) is 2.96. The Kier molecular flexibility index (Phi) is 8.75. The molecule has 11 heteroatoms. The van der Waals surface area contributed by atoms with E-state index in [1.165, 1.54) is 12.1 Å². The summed E-state index contributed by atoms with van der Waals surface area (Å²) < 4.78 is 56.6. The number of amides is 1. The number of rotatable bonds is 12. The van der Waals surface area contributed by atoms with E-state index in [9.17, 15) is 27.1 Å². The van der Waals surface area contributed by atoms with Gasteiger partial charge in [0.15, 0.2) is 6.35 Å². The van der Waals surface area contributed by atoms with E-state index < -0.39 is 35.4 Å². The summed E-state index contributed by atoms with van der Waals surface area (Å²) in [5, 5.41) is 12.0. The second-order valence-corrected chi connectivity index (χ2v) is 8.78. The van der Waals surface area contributed by atoms with Crippen molar-refractivity contribution in [3.63, 3.8) is 0 Å². The lowest BCUT2D eigenvalue weighted by atomic mass is 10.1. The smallest absolute Gasteiger partial charge is 0.272 e. The number of unbranched alkanes of at least 4 members (excludes halogenated alkanes) is 2. The van der Waals surface area contributed by atoms with Gasteiger partial charge in [0, 0.05) is 12.6 Å². The maximum Gasteiger partial charge on any atom is 0.272 e. The van der Waals surface area contributed by atoms with Gasteiger partial charge in [-0.3, -0.25) is 9.69 Å². The minimum Gasteiger partial charge on any atom is -0.488 e. The van der Waals surface area contributed by atoms with E-state index >= 15 is 0 Å². The van der Waals surface area contributed by atoms with Crippen LogP contribution < -0.4 is 14.8 Å². The largest absolute Gasteiger partial charge is 0.488 e. The molecule has 0 aliphatic carbocycles. The first-order valence-corrected chi connectivity index (χ1v) is 11.0. The molecule has 1 aromatic carbocycles. The van der Waals surface area contributed by atoms with E-state index in [1.54, 1.807) is 24.0 Å². The van der Waals surface area contributed by atoms with Gasteiger partial charge in [-0.05, 0) is 37.5 Å². The molecule has 1 heterocycles. The predicted octanol–water partition coefficient (Wildman–Crippen LogP) is 1.19. The zero-order valence-corrected chi connectivity index (χ0v) is 17.0. The Morgan fingerprint density at radius 1 is 1.34 bits per heavy atom. The van der Waals surface area contributed by atoms with Crippen LogP contribution in [-0.4, -0.2) is 62.6 Å². The van der Waals surface area contributed by atoms with Crippen LogP contribution >= 0.6 is 0 Å². The molecule has 1 saturated heterocycles. The van der Waals surface area contributed by atoms with Crippen molar-refractivity contribution < 1.29 is 31.8 Å². The van der Waals surface area contributed by atoms with Gasteiger partial charge in [0.25, 0.3) is 6.43 Å². The first kappa shape index (κ1) is 23.5. The molecule has 1 aliphatic heterocycles. The van der Waals surface area contributed by atoms with Crippen LogP contribution in [0.2, 0.25) is 0 Å². The molecular formula is C18H27F2N3O5S. The van der Waals surface area contributed by atoms with Gasteiger partial charge in [-0.1, -0.05) is 18.6 Å². The first-order valence-electron chi connectivity index (χ1n) is 9.38. The third-order valence-electron chi connectivity index (χ3n) is 4.43. The molecular weight excluding hydrogens is 408 g/mol. The molecule has 2 rings (SSSR count). The second-order valence-electron chi connectivity index (χ2n) is 6.91. The van der Waals surface area contributed by atoms with E-state index in [4.69, 9.17) is 4.74 Å². The molecule has 1 aromatic rings. The highest BCUT2D eigenvalue weighted by molar-refractivity contribution is 7.89. The number of aliphatic hydroxyl groups excluding tert-OH is 1. The number of aliphatic hydroxyl groups is 1. The number of nitrogens with zero attached hydrogens (tertiary/aromatic N) is 1. The second kappa shape index (κ2) is 10.8. The Morgan fingerprint density at radius 3 is 2.76 bits per heavy atom. The molecule has 0 radical (unpaired) electrons. The van der Waals surface area contributed by atoms with Crippen molar-refractivity contribution in [1.29, 1.82) is 0 Å². The molecule has 0 aromatic heterocycles. The number of sulfonamides is 1. The lowest BCUT2D eigenvalue weighted by molar-refractivity contribution is -0.119. The maximum atomic E-state index is 12.3. The summed E-state index contributed by atoms with van der Waals surface area (Å²) >= 11 is 0. The van der Waals surface area contributed by atoms with Gasteiger partial charge in [-0.2, -0.15) is 0 Å². The average molecular weight is 435 g/mol. The highest BCUT2D eigenvalue weighted by atomic mass is 32.2. The monoisotopic (exact) mass is 435 g/mol. The van der Waals surface area contributed by atoms with Gasteiger partial charge >= 0.3 is 0 Å². The molecule has 1 unspecified atom stereocenters. The SMILES string of the molecule is C[C@@H](NS(=O)(=O)CCCCCN1CC(=O)NC1O)c1cccc(OCC(F)F)c1. The number of alkyl halides is 2. The van der Waals surface area contributed by atoms with Crippen molar-refractivity contribution in [1.82, 2.24) is 14.9 Å². The fourth-order valence-electron chi connectivity index (χ4n) is 2.97. The van der Waals surface area contributed by atoms with Gasteiger partial charge in [0.1, 0.15) is 12.4 Å². The third-order valence-corrected chi connectivity index (χ3v) is 5.97. The lowest BCUT2D eigenvalue weighted by Gasteiger charge is -2.18. The third kappa shape index (κ3) is 8.21. The topological polar surface area (TPSA) is 108 Å². The van der Waals surface area contributed by atoms with Crippen molar-refractivity contribution in [2.45, 2.75) is 45.0 Å². The van der Waals surface area contributed by atoms with Crippen molar-refractivity contribution in [3.05, 3.63) is 29.8 Å². The first-order chi connectivity index (χ1) is 13.7. The quantitative estimate of drug-likeness (QED) is 0.426. The van der Waals surface area contributed by atoms with E-state index in [2.05, 4.69) is 10.0 Å². The summed E-state index contributed by atoms with van der Waals surface area (Å²) in [6, 6.07) is 5.85. The molecule has 29 heavy (non-hydrogen) atoms. The zero-order chi connectivity index (χ0) is 21.4. The number of hydrogen-bond acceptors (Lipinski definition) is 6. The number of benzene rings is 1. The molecule has 1 amide bonds. The van der Waals surface area contributed by atoms with Crippen molar-refractivity contribution in [2.24, 2.45) is 0 Å². The fraction of sp³-hybridized carbons (Fsp3) is 0.611. The summed E-state index contributed by atoms with van der Waals surface area (Å²) in [5.41, 5.74) is 0.612. The van der Waals surface area contributed by atoms with Crippen LogP contribution in [0.15, 0.2) is 24.3 Å². The number of hydrogen-bond donors (Lipinski definition) is 3. The highest BCUT2D eigenvalue weighted by Gasteiger charge is 2.26. The fourth-order valence-corrected chi connectivity index (χ4v) is 4.34. The molecule has 1 fully saturated rings. The molecule has 0 bridgehead atoms. The van der Waals surface area contributed by atoms with Crippen LogP contribution in [0.1, 0.15) is 37.8 Å². The Labute approximate surface area is 169 Å². The number of carbonyl (C=O) groups is 1. The van der Waals surface area contributed by atoms with Gasteiger partial charge in [-0.15, -0.1) is 0 Å². The summed E-state index contributed by atoms with van der Waals surface area (Å²) in [6.45, 7) is 1.58. The van der Waals surface area contributed by atoms with Crippen molar-refractivity contribution in [3.8, 4) is 5.75 Å². The van der Waals surface area contributed by atoms with Crippen LogP contribution in [0.4, 0.5) is 8.78 Å². The minimum atomic E-state index is -3.53. The van der Waals surface area contributed by atoms with E-state index in [0.717, 1.165) is 0 Å². The number of ether oxygens (including phenoxy) is 1. The van der Waals surface area contributed by atoms with Gasteiger partial charge in [0.2, 0.25) is 15.9 Å². The number of carbonyl (C=O) groups excluding carboxylic acids is 1. The molecule has 1 aliphatic rings. The number of nitrogens with one attached hydrogen (secondary N) is 2. The van der Waals surface area contributed by atoms with Gasteiger partial charge < -0.3 is 15.2 Å². The molecule has 2 atom stereocenters. The summed E-state index contributed by atoms with van der Waals surface area (Å²) in [5.74, 6) is -0.0357. The molecule has 0 saturated carbocycles. The molecule has 3 N–H and O–H groups in total. The lowest BCUT2D eigenvalue weighted by Crippen LogP contribution is -2.36.